The molecular formula is C21H21N7O. The maximum absolute atomic E-state index is 12.7. The quantitative estimate of drug-likeness (QED) is 0.579. The van der Waals surface area contributed by atoms with E-state index in [0.717, 1.165) is 42.5 Å². The molecule has 1 aliphatic rings. The van der Waals surface area contributed by atoms with E-state index in [9.17, 15) is 4.79 Å². The van der Waals surface area contributed by atoms with Crippen LogP contribution in [0, 0.1) is 12.8 Å². The Balaban J connectivity index is 1.56. The summed E-state index contributed by atoms with van der Waals surface area (Å²) in [7, 11) is 0. The average molecular weight is 387 g/mol. The maximum Gasteiger partial charge on any atom is 0.228 e. The number of amides is 1. The van der Waals surface area contributed by atoms with E-state index in [4.69, 9.17) is 0 Å². The number of anilines is 1. The van der Waals surface area contributed by atoms with Gasteiger partial charge in [0.2, 0.25) is 5.91 Å². The van der Waals surface area contributed by atoms with Crippen LogP contribution in [0.1, 0.15) is 31.4 Å². The smallest absolute Gasteiger partial charge is 0.228 e. The zero-order valence-electron chi connectivity index (χ0n) is 16.1. The Bertz CT molecular complexity index is 1170. The van der Waals surface area contributed by atoms with Gasteiger partial charge in [0.15, 0.2) is 11.5 Å². The molecule has 3 heterocycles. The molecule has 1 fully saturated rings. The van der Waals surface area contributed by atoms with Crippen molar-refractivity contribution in [2.24, 2.45) is 5.92 Å². The summed E-state index contributed by atoms with van der Waals surface area (Å²) in [5, 5.41) is 12.9. The summed E-state index contributed by atoms with van der Waals surface area (Å²) in [6.07, 6.45) is 7.35. The first-order chi connectivity index (χ1) is 14.2. The fraction of sp³-hybridized carbons (Fsp3) is 0.286. The Morgan fingerprint density at radius 2 is 1.90 bits per heavy atom. The van der Waals surface area contributed by atoms with Crippen LogP contribution in [0.3, 0.4) is 0 Å². The van der Waals surface area contributed by atoms with E-state index in [-0.39, 0.29) is 11.8 Å². The number of nitrogens with one attached hydrogen (secondary N) is 1. The van der Waals surface area contributed by atoms with Gasteiger partial charge in [-0.25, -0.2) is 14.6 Å². The van der Waals surface area contributed by atoms with Crippen LogP contribution in [0.15, 0.2) is 48.9 Å². The van der Waals surface area contributed by atoms with Crippen molar-refractivity contribution in [1.82, 2.24) is 29.5 Å². The second-order valence-corrected chi connectivity index (χ2v) is 7.38. The predicted octanol–water partition coefficient (Wildman–Crippen LogP) is 3.44. The third-order valence-electron chi connectivity index (χ3n) is 5.35. The molecule has 0 spiro atoms. The van der Waals surface area contributed by atoms with E-state index >= 15 is 0 Å². The number of carbonyl (C=O) groups excluding carboxylic acids is 1. The molecule has 0 radical (unpaired) electrons. The summed E-state index contributed by atoms with van der Waals surface area (Å²) in [6, 6.07) is 11.7. The highest BCUT2D eigenvalue weighted by atomic mass is 16.2. The minimum absolute atomic E-state index is 0.0499. The summed E-state index contributed by atoms with van der Waals surface area (Å²) >= 11 is 0. The number of aryl methyl sites for hydroxylation is 1. The largest absolute Gasteiger partial charge is 0.310 e. The lowest BCUT2D eigenvalue weighted by Gasteiger charge is -2.12. The van der Waals surface area contributed by atoms with Crippen LogP contribution >= 0.6 is 0 Å². The fourth-order valence-corrected chi connectivity index (χ4v) is 3.92. The third kappa shape index (κ3) is 3.16. The lowest BCUT2D eigenvalue weighted by Crippen LogP contribution is -2.22. The fourth-order valence-electron chi connectivity index (χ4n) is 3.92. The van der Waals surface area contributed by atoms with Gasteiger partial charge in [-0.3, -0.25) is 4.79 Å². The SMILES string of the molecule is Cc1cc(NC(=O)C2CCCC2)n(-c2ncnc3c2cnn3-c2ccccc2)n1. The number of hydrogen-bond donors (Lipinski definition) is 1. The van der Waals surface area contributed by atoms with E-state index in [2.05, 4.69) is 25.5 Å². The number of nitrogens with zero attached hydrogens (tertiary/aromatic N) is 6. The molecule has 1 saturated carbocycles. The normalized spacial score (nSPS) is 14.5. The number of benzene rings is 1. The van der Waals surface area contributed by atoms with Gasteiger partial charge >= 0.3 is 0 Å². The zero-order valence-corrected chi connectivity index (χ0v) is 16.1. The highest BCUT2D eigenvalue weighted by Gasteiger charge is 2.24. The van der Waals surface area contributed by atoms with E-state index in [1.54, 1.807) is 15.6 Å². The Labute approximate surface area is 167 Å². The van der Waals surface area contributed by atoms with Gasteiger partial charge in [-0.05, 0) is 31.9 Å². The number of hydrogen-bond acceptors (Lipinski definition) is 5. The molecule has 0 saturated heterocycles. The number of fused-ring (bicyclic) bond motifs is 1. The molecule has 1 amide bonds. The van der Waals surface area contributed by atoms with Gasteiger partial charge in [0.1, 0.15) is 12.1 Å². The Morgan fingerprint density at radius 1 is 1.10 bits per heavy atom. The monoisotopic (exact) mass is 387 g/mol. The van der Waals surface area contributed by atoms with E-state index in [0.29, 0.717) is 17.3 Å². The first-order valence-electron chi connectivity index (χ1n) is 9.83. The molecular weight excluding hydrogens is 366 g/mol. The van der Waals surface area contributed by atoms with Gasteiger partial charge in [0.25, 0.3) is 0 Å². The summed E-state index contributed by atoms with van der Waals surface area (Å²) < 4.78 is 3.44. The van der Waals surface area contributed by atoms with Crippen LogP contribution in [-0.4, -0.2) is 35.4 Å². The molecule has 1 N–H and O–H groups in total. The Morgan fingerprint density at radius 3 is 2.69 bits per heavy atom. The van der Waals surface area contributed by atoms with E-state index in [1.807, 2.05) is 43.3 Å². The van der Waals surface area contributed by atoms with Gasteiger partial charge in [-0.1, -0.05) is 31.0 Å². The maximum atomic E-state index is 12.7. The van der Waals surface area contributed by atoms with Crippen molar-refractivity contribution in [1.29, 1.82) is 0 Å². The number of carbonyl (C=O) groups is 1. The molecule has 29 heavy (non-hydrogen) atoms. The van der Waals surface area contributed by atoms with E-state index < -0.39 is 0 Å². The third-order valence-corrected chi connectivity index (χ3v) is 5.35. The molecule has 0 unspecified atom stereocenters. The van der Waals surface area contributed by atoms with Crippen molar-refractivity contribution < 1.29 is 4.79 Å². The van der Waals surface area contributed by atoms with Crippen molar-refractivity contribution >= 4 is 22.8 Å². The van der Waals surface area contributed by atoms with Crippen molar-refractivity contribution in [3.8, 4) is 11.5 Å². The molecule has 146 valence electrons. The molecule has 3 aromatic heterocycles. The van der Waals surface area contributed by atoms with Crippen LogP contribution in [-0.2, 0) is 4.79 Å². The van der Waals surface area contributed by atoms with E-state index in [1.165, 1.54) is 6.33 Å². The molecule has 4 aromatic rings. The van der Waals surface area contributed by atoms with Crippen molar-refractivity contribution in [2.45, 2.75) is 32.6 Å². The van der Waals surface area contributed by atoms with Gasteiger partial charge in [-0.15, -0.1) is 0 Å². The summed E-state index contributed by atoms with van der Waals surface area (Å²) in [6.45, 7) is 1.90. The van der Waals surface area contributed by atoms with Gasteiger partial charge < -0.3 is 5.32 Å². The molecule has 8 nitrogen and oxygen atoms in total. The summed E-state index contributed by atoms with van der Waals surface area (Å²) in [4.78, 5) is 21.5. The van der Waals surface area contributed by atoms with Gasteiger partial charge in [0.05, 0.1) is 23.0 Å². The van der Waals surface area contributed by atoms with Gasteiger partial charge in [0, 0.05) is 12.0 Å². The first kappa shape index (κ1) is 17.5. The second-order valence-electron chi connectivity index (χ2n) is 7.38. The van der Waals surface area contributed by atoms with Gasteiger partial charge in [-0.2, -0.15) is 14.9 Å². The molecule has 0 bridgehead atoms. The van der Waals surface area contributed by atoms with Crippen molar-refractivity contribution in [2.75, 3.05) is 5.32 Å². The lowest BCUT2D eigenvalue weighted by molar-refractivity contribution is -0.119. The zero-order chi connectivity index (χ0) is 19.8. The molecule has 1 aromatic carbocycles. The number of para-hydroxylation sites is 1. The molecule has 1 aliphatic carbocycles. The van der Waals surface area contributed by atoms with Crippen molar-refractivity contribution in [3.63, 3.8) is 0 Å². The first-order valence-corrected chi connectivity index (χ1v) is 9.83. The van der Waals surface area contributed by atoms with Crippen molar-refractivity contribution in [3.05, 3.63) is 54.6 Å². The Kier molecular flexibility index (Phi) is 4.31. The highest BCUT2D eigenvalue weighted by molar-refractivity contribution is 5.93. The molecule has 0 aliphatic heterocycles. The number of aromatic nitrogens is 6. The van der Waals surface area contributed by atoms with Crippen LogP contribution in [0.2, 0.25) is 0 Å². The van der Waals surface area contributed by atoms with Crippen LogP contribution in [0.4, 0.5) is 5.82 Å². The van der Waals surface area contributed by atoms with Crippen LogP contribution in [0.25, 0.3) is 22.5 Å². The predicted molar refractivity (Wildman–Crippen MR) is 109 cm³/mol. The summed E-state index contributed by atoms with van der Waals surface area (Å²) in [5.41, 5.74) is 2.40. The molecule has 0 atom stereocenters. The number of rotatable bonds is 4. The highest BCUT2D eigenvalue weighted by Crippen LogP contribution is 2.28. The van der Waals surface area contributed by atoms with Crippen LogP contribution < -0.4 is 5.32 Å². The topological polar surface area (TPSA) is 90.5 Å². The lowest BCUT2D eigenvalue weighted by atomic mass is 10.1. The molecule has 8 heteroatoms. The standard InChI is InChI=1S/C21H21N7O/c1-14-11-18(25-21(29)15-7-5-6-8-15)28(26-14)20-17-12-24-27(19(17)22-13-23-20)16-9-3-2-4-10-16/h2-4,9-13,15H,5-8H2,1H3,(H,25,29). The summed E-state index contributed by atoms with van der Waals surface area (Å²) in [5.74, 6) is 1.33. The second kappa shape index (κ2) is 7.12. The Hall–Kier alpha value is -3.55. The molecule has 5 rings (SSSR count). The minimum atomic E-state index is 0.0499. The minimum Gasteiger partial charge on any atom is -0.310 e. The average Bonchev–Trinajstić information content (AvgIpc) is 3.48. The van der Waals surface area contributed by atoms with Crippen LogP contribution in [0.5, 0.6) is 0 Å².